The molecule has 1 spiro atoms. The normalized spacial score (nSPS) is 18.9. The smallest absolute Gasteiger partial charge is 0.484 e. The van der Waals surface area contributed by atoms with Crippen LogP contribution in [-0.2, 0) is 14.8 Å². The topological polar surface area (TPSA) is 76.2 Å². The van der Waals surface area contributed by atoms with Crippen molar-refractivity contribution in [3.05, 3.63) is 48.5 Å². The average Bonchev–Trinajstić information content (AvgIpc) is 3.12. The fraction of sp³-hybridized carbons (Fsp3) is 0.435. The first-order chi connectivity index (χ1) is 17.2. The van der Waals surface area contributed by atoms with E-state index >= 15 is 0 Å². The molecule has 2 heterocycles. The molecule has 2 aliphatic heterocycles. The number of carbonyl (C=O) groups excluding carboxylic acids is 1. The number of carbonyl (C=O) groups is 1. The number of hydrogen-bond donors (Lipinski definition) is 0. The Morgan fingerprint density at radius 2 is 1.46 bits per heavy atom. The molecule has 0 unspecified atom stereocenters. The maximum atomic E-state index is 13.3. The van der Waals surface area contributed by atoms with Crippen LogP contribution in [-0.4, -0.2) is 57.4 Å². The van der Waals surface area contributed by atoms with Crippen LogP contribution in [0.15, 0.2) is 53.4 Å². The van der Waals surface area contributed by atoms with Crippen LogP contribution in [0.5, 0.6) is 11.5 Å². The highest BCUT2D eigenvalue weighted by atomic mass is 32.2. The van der Waals surface area contributed by atoms with Gasteiger partial charge < -0.3 is 14.4 Å². The Kier molecular flexibility index (Phi) is 7.10. The largest absolute Gasteiger partial charge is 0.573 e. The fourth-order valence-electron chi connectivity index (χ4n) is 4.58. The van der Waals surface area contributed by atoms with Crippen molar-refractivity contribution in [3.8, 4) is 11.5 Å². The highest BCUT2D eigenvalue weighted by molar-refractivity contribution is 7.89. The molecule has 1 amide bonds. The second-order valence-electron chi connectivity index (χ2n) is 8.78. The third kappa shape index (κ3) is 5.95. The number of amides is 1. The predicted octanol–water partition coefficient (Wildman–Crippen LogP) is 4.73. The second kappa shape index (κ2) is 9.71. The summed E-state index contributed by atoms with van der Waals surface area (Å²) in [4.78, 5) is 14.2. The van der Waals surface area contributed by atoms with E-state index in [1.807, 2.05) is 0 Å². The lowest BCUT2D eigenvalue weighted by atomic mass is 9.77. The number of rotatable bonds is 6. The Morgan fingerprint density at radius 1 is 0.865 bits per heavy atom. The van der Waals surface area contributed by atoms with E-state index in [1.54, 1.807) is 0 Å². The monoisotopic (exact) mass is 552 g/mol. The van der Waals surface area contributed by atoms with Gasteiger partial charge in [-0.3, -0.25) is 4.79 Å². The molecule has 0 atom stereocenters. The number of nitrogens with zero attached hydrogens (tertiary/aromatic N) is 2. The van der Waals surface area contributed by atoms with E-state index < -0.39 is 45.2 Å². The lowest BCUT2D eigenvalue weighted by Gasteiger charge is -2.37. The molecular formula is C23H22F6N2O5S. The molecule has 0 aliphatic carbocycles. The fourth-order valence-corrected chi connectivity index (χ4v) is 6.14. The maximum Gasteiger partial charge on any atom is 0.573 e. The summed E-state index contributed by atoms with van der Waals surface area (Å²) in [5, 5.41) is 0. The van der Waals surface area contributed by atoms with Crippen LogP contribution in [0.2, 0.25) is 0 Å². The number of sulfonamides is 1. The molecule has 0 saturated carbocycles. The molecule has 2 fully saturated rings. The summed E-state index contributed by atoms with van der Waals surface area (Å²) >= 11 is 0. The zero-order valence-electron chi connectivity index (χ0n) is 19.2. The van der Waals surface area contributed by atoms with E-state index in [0.717, 1.165) is 16.4 Å². The van der Waals surface area contributed by atoms with E-state index in [4.69, 9.17) is 0 Å². The Balaban J connectivity index is 1.43. The first kappa shape index (κ1) is 27.0. The zero-order chi connectivity index (χ0) is 27.1. The standard InChI is InChI=1S/C23H22F6N2O5S/c24-22(25,26)15-35-17-7-5-16(6-8-17)31-14-11-21(20(31)32)9-12-30(13-10-21)37(33,34)19-4-2-1-3-18(19)36-23(27,28)29/h1-8H,9-15H2. The number of para-hydroxylation sites is 1. The van der Waals surface area contributed by atoms with Crippen LogP contribution < -0.4 is 14.4 Å². The summed E-state index contributed by atoms with van der Waals surface area (Å²) in [6, 6.07) is 10.1. The number of benzene rings is 2. The van der Waals surface area contributed by atoms with Gasteiger partial charge >= 0.3 is 12.5 Å². The summed E-state index contributed by atoms with van der Waals surface area (Å²) in [5.41, 5.74) is -0.381. The molecule has 7 nitrogen and oxygen atoms in total. The van der Waals surface area contributed by atoms with Gasteiger partial charge in [-0.15, -0.1) is 13.2 Å². The van der Waals surface area contributed by atoms with Gasteiger partial charge in [0, 0.05) is 25.3 Å². The van der Waals surface area contributed by atoms with Gasteiger partial charge in [0.2, 0.25) is 15.9 Å². The van der Waals surface area contributed by atoms with Gasteiger partial charge in [-0.05, 0) is 55.7 Å². The molecule has 2 saturated heterocycles. The minimum Gasteiger partial charge on any atom is -0.484 e. The van der Waals surface area contributed by atoms with Crippen LogP contribution in [0.3, 0.4) is 0 Å². The number of anilines is 1. The van der Waals surface area contributed by atoms with Crippen molar-refractivity contribution in [1.82, 2.24) is 4.31 Å². The van der Waals surface area contributed by atoms with Gasteiger partial charge in [-0.1, -0.05) is 12.1 Å². The first-order valence-electron chi connectivity index (χ1n) is 11.2. The molecule has 202 valence electrons. The van der Waals surface area contributed by atoms with Crippen molar-refractivity contribution in [2.75, 3.05) is 31.1 Å². The zero-order valence-corrected chi connectivity index (χ0v) is 20.0. The summed E-state index contributed by atoms with van der Waals surface area (Å²) in [7, 11) is -4.33. The molecule has 0 N–H and O–H groups in total. The number of hydrogen-bond acceptors (Lipinski definition) is 5. The van der Waals surface area contributed by atoms with Gasteiger partial charge in [0.1, 0.15) is 16.4 Å². The van der Waals surface area contributed by atoms with Crippen molar-refractivity contribution in [2.24, 2.45) is 5.41 Å². The second-order valence-corrected chi connectivity index (χ2v) is 10.7. The SMILES string of the molecule is O=C1N(c2ccc(OCC(F)(F)F)cc2)CCC12CCN(S(=O)(=O)c1ccccc1OC(F)(F)F)CC2. The summed E-state index contributed by atoms with van der Waals surface area (Å²) in [6.45, 7) is -1.26. The minimum atomic E-state index is -5.07. The third-order valence-corrected chi connectivity index (χ3v) is 8.37. The van der Waals surface area contributed by atoms with Crippen molar-refractivity contribution in [2.45, 2.75) is 36.7 Å². The molecule has 14 heteroatoms. The lowest BCUT2D eigenvalue weighted by molar-refractivity contribution is -0.275. The Morgan fingerprint density at radius 3 is 2.05 bits per heavy atom. The van der Waals surface area contributed by atoms with E-state index in [9.17, 15) is 39.6 Å². The molecule has 2 aliphatic rings. The van der Waals surface area contributed by atoms with E-state index in [2.05, 4.69) is 9.47 Å². The average molecular weight is 552 g/mol. The van der Waals surface area contributed by atoms with Gasteiger partial charge in [0.05, 0.1) is 5.41 Å². The molecule has 37 heavy (non-hydrogen) atoms. The quantitative estimate of drug-likeness (QED) is 0.485. The van der Waals surface area contributed by atoms with E-state index in [-0.39, 0.29) is 37.6 Å². The van der Waals surface area contributed by atoms with Crippen molar-refractivity contribution in [3.63, 3.8) is 0 Å². The van der Waals surface area contributed by atoms with Gasteiger partial charge in [-0.2, -0.15) is 17.5 Å². The molecule has 2 aromatic carbocycles. The van der Waals surface area contributed by atoms with Crippen LogP contribution in [0, 0.1) is 5.41 Å². The summed E-state index contributed by atoms with van der Waals surface area (Å²) < 4.78 is 111. The van der Waals surface area contributed by atoms with Crippen LogP contribution >= 0.6 is 0 Å². The van der Waals surface area contributed by atoms with E-state index in [1.165, 1.54) is 41.3 Å². The highest BCUT2D eigenvalue weighted by Gasteiger charge is 2.50. The molecule has 0 radical (unpaired) electrons. The number of piperidine rings is 1. The summed E-state index contributed by atoms with van der Waals surface area (Å²) in [6.07, 6.45) is -8.79. The van der Waals surface area contributed by atoms with Crippen molar-refractivity contribution >= 4 is 21.6 Å². The molecule has 0 aromatic heterocycles. The van der Waals surface area contributed by atoms with Gasteiger partial charge in [-0.25, -0.2) is 8.42 Å². The van der Waals surface area contributed by atoms with E-state index in [0.29, 0.717) is 18.7 Å². The maximum absolute atomic E-state index is 13.3. The third-order valence-electron chi connectivity index (χ3n) is 6.44. The van der Waals surface area contributed by atoms with Crippen LogP contribution in [0.1, 0.15) is 19.3 Å². The first-order valence-corrected chi connectivity index (χ1v) is 12.6. The number of alkyl halides is 6. The Labute approximate surface area is 208 Å². The molecule has 0 bridgehead atoms. The van der Waals surface area contributed by atoms with Gasteiger partial charge in [0.15, 0.2) is 6.61 Å². The number of ether oxygens (including phenoxy) is 2. The Bertz CT molecular complexity index is 1240. The molecule has 4 rings (SSSR count). The van der Waals surface area contributed by atoms with Crippen LogP contribution in [0.25, 0.3) is 0 Å². The molecular weight excluding hydrogens is 530 g/mol. The number of halogens is 6. The van der Waals surface area contributed by atoms with Gasteiger partial charge in [0.25, 0.3) is 0 Å². The molecule has 2 aromatic rings. The summed E-state index contributed by atoms with van der Waals surface area (Å²) in [5.74, 6) is -1.08. The van der Waals surface area contributed by atoms with Crippen molar-refractivity contribution in [1.29, 1.82) is 0 Å². The lowest BCUT2D eigenvalue weighted by Crippen LogP contribution is -2.46. The van der Waals surface area contributed by atoms with Crippen LogP contribution in [0.4, 0.5) is 32.0 Å². The van der Waals surface area contributed by atoms with Crippen molar-refractivity contribution < 1.29 is 49.0 Å². The highest BCUT2D eigenvalue weighted by Crippen LogP contribution is 2.44. The predicted molar refractivity (Wildman–Crippen MR) is 119 cm³/mol. The Hall–Kier alpha value is -3.00. The minimum absolute atomic E-state index is 0.00395.